The number of nitrogens with zero attached hydrogens (tertiary/aromatic N) is 1. The molecule has 0 amide bonds. The summed E-state index contributed by atoms with van der Waals surface area (Å²) >= 11 is 0. The summed E-state index contributed by atoms with van der Waals surface area (Å²) in [5.41, 5.74) is 0.0554. The summed E-state index contributed by atoms with van der Waals surface area (Å²) in [5, 5.41) is 13.3. The maximum absolute atomic E-state index is 11.1. The van der Waals surface area contributed by atoms with Gasteiger partial charge in [0.15, 0.2) is 0 Å². The van der Waals surface area contributed by atoms with E-state index in [2.05, 4.69) is 11.1 Å². The van der Waals surface area contributed by atoms with E-state index >= 15 is 0 Å². The van der Waals surface area contributed by atoms with Crippen molar-refractivity contribution in [3.05, 3.63) is 42.2 Å². The highest BCUT2D eigenvalue weighted by Gasteiger charge is 2.41. The Labute approximate surface area is 113 Å². The molecule has 1 aliphatic rings. The van der Waals surface area contributed by atoms with Crippen molar-refractivity contribution in [2.24, 2.45) is 0 Å². The summed E-state index contributed by atoms with van der Waals surface area (Å²) < 4.78 is 5.54. The molecule has 0 spiro atoms. The van der Waals surface area contributed by atoms with E-state index in [1.54, 1.807) is 13.3 Å². The molecular formula is C16H19NO2. The predicted octanol–water partition coefficient (Wildman–Crippen LogP) is 3.01. The van der Waals surface area contributed by atoms with Crippen LogP contribution in [-0.4, -0.2) is 23.3 Å². The van der Waals surface area contributed by atoms with E-state index in [1.165, 1.54) is 0 Å². The lowest BCUT2D eigenvalue weighted by Gasteiger charge is -2.40. The number of rotatable bonds is 2. The normalized spacial score (nSPS) is 27.6. The van der Waals surface area contributed by atoms with Crippen LogP contribution in [0.3, 0.4) is 0 Å². The molecule has 2 unspecified atom stereocenters. The van der Waals surface area contributed by atoms with E-state index in [9.17, 15) is 5.11 Å². The molecule has 1 aliphatic carbocycles. The average Bonchev–Trinajstić information content (AvgIpc) is 2.47. The molecule has 0 aliphatic heterocycles. The van der Waals surface area contributed by atoms with Gasteiger partial charge in [-0.2, -0.15) is 0 Å². The van der Waals surface area contributed by atoms with Gasteiger partial charge in [-0.1, -0.05) is 31.0 Å². The number of fused-ring (bicyclic) bond motifs is 1. The third-order valence-corrected chi connectivity index (χ3v) is 4.24. The lowest BCUT2D eigenvalue weighted by atomic mass is 9.76. The number of benzene rings is 1. The fourth-order valence-corrected chi connectivity index (χ4v) is 3.24. The third-order valence-electron chi connectivity index (χ3n) is 4.24. The van der Waals surface area contributed by atoms with Gasteiger partial charge < -0.3 is 9.84 Å². The third kappa shape index (κ3) is 2.03. The Hall–Kier alpha value is -1.45. The highest BCUT2D eigenvalue weighted by atomic mass is 16.5. The summed E-state index contributed by atoms with van der Waals surface area (Å²) in [4.78, 5) is 4.20. The molecule has 3 rings (SSSR count). The van der Waals surface area contributed by atoms with Crippen LogP contribution < -0.4 is 0 Å². The molecule has 2 atom stereocenters. The molecule has 100 valence electrons. The number of ether oxygens (including phenoxy) is 1. The SMILES string of the molecule is COC1CCCCC1(O)c1cccc2ccncc12. The molecule has 1 aromatic carbocycles. The van der Waals surface area contributed by atoms with Crippen LogP contribution in [0.15, 0.2) is 36.7 Å². The van der Waals surface area contributed by atoms with E-state index in [-0.39, 0.29) is 6.10 Å². The van der Waals surface area contributed by atoms with Crippen LogP contribution in [0.1, 0.15) is 31.2 Å². The van der Waals surface area contributed by atoms with Gasteiger partial charge in [0.05, 0.1) is 6.10 Å². The lowest BCUT2D eigenvalue weighted by Crippen LogP contribution is -2.43. The maximum Gasteiger partial charge on any atom is 0.116 e. The molecule has 0 radical (unpaired) electrons. The van der Waals surface area contributed by atoms with E-state index in [1.807, 2.05) is 24.4 Å². The fourth-order valence-electron chi connectivity index (χ4n) is 3.24. The number of hydrogen-bond acceptors (Lipinski definition) is 3. The van der Waals surface area contributed by atoms with Crippen LogP contribution in [0.5, 0.6) is 0 Å². The lowest BCUT2D eigenvalue weighted by molar-refractivity contribution is -0.121. The van der Waals surface area contributed by atoms with Crippen molar-refractivity contribution in [1.82, 2.24) is 4.98 Å². The van der Waals surface area contributed by atoms with Crippen LogP contribution in [-0.2, 0) is 10.3 Å². The predicted molar refractivity (Wildman–Crippen MR) is 74.9 cm³/mol. The second-order valence-electron chi connectivity index (χ2n) is 5.30. The zero-order chi connectivity index (χ0) is 13.3. The van der Waals surface area contributed by atoms with Crippen LogP contribution >= 0.6 is 0 Å². The largest absolute Gasteiger partial charge is 0.382 e. The monoisotopic (exact) mass is 257 g/mol. The number of methoxy groups -OCH3 is 1. The maximum atomic E-state index is 11.1. The van der Waals surface area contributed by atoms with Crippen molar-refractivity contribution < 1.29 is 9.84 Å². The zero-order valence-corrected chi connectivity index (χ0v) is 11.2. The summed E-state index contributed by atoms with van der Waals surface area (Å²) in [7, 11) is 1.68. The summed E-state index contributed by atoms with van der Waals surface area (Å²) in [5.74, 6) is 0. The van der Waals surface area contributed by atoms with Gasteiger partial charge in [-0.05, 0) is 29.9 Å². The Morgan fingerprint density at radius 2 is 2.21 bits per heavy atom. The first-order valence-corrected chi connectivity index (χ1v) is 6.84. The molecule has 3 nitrogen and oxygen atoms in total. The Bertz CT molecular complexity index is 578. The smallest absolute Gasteiger partial charge is 0.116 e. The first-order chi connectivity index (χ1) is 9.25. The summed E-state index contributed by atoms with van der Waals surface area (Å²) in [6.07, 6.45) is 7.29. The van der Waals surface area contributed by atoms with Crippen LogP contribution in [0, 0.1) is 0 Å². The molecule has 1 aromatic heterocycles. The van der Waals surface area contributed by atoms with Crippen molar-refractivity contribution >= 4 is 10.8 Å². The highest BCUT2D eigenvalue weighted by molar-refractivity contribution is 5.85. The molecule has 1 saturated carbocycles. The molecule has 2 aromatic rings. The standard InChI is InChI=1S/C16H19NO2/c1-19-15-7-2-3-9-16(15,18)14-6-4-5-12-8-10-17-11-13(12)14/h4-6,8,10-11,15,18H,2-3,7,9H2,1H3. The van der Waals surface area contributed by atoms with E-state index in [0.29, 0.717) is 0 Å². The van der Waals surface area contributed by atoms with Crippen LogP contribution in [0.4, 0.5) is 0 Å². The van der Waals surface area contributed by atoms with Gasteiger partial charge in [0, 0.05) is 24.9 Å². The minimum atomic E-state index is -0.893. The van der Waals surface area contributed by atoms with E-state index in [0.717, 1.165) is 42.0 Å². The van der Waals surface area contributed by atoms with Gasteiger partial charge in [-0.15, -0.1) is 0 Å². The van der Waals surface area contributed by atoms with Gasteiger partial charge in [0.2, 0.25) is 0 Å². The Balaban J connectivity index is 2.16. The van der Waals surface area contributed by atoms with Gasteiger partial charge >= 0.3 is 0 Å². The molecule has 0 bridgehead atoms. The number of aromatic nitrogens is 1. The average molecular weight is 257 g/mol. The van der Waals surface area contributed by atoms with Crippen LogP contribution in [0.2, 0.25) is 0 Å². The Morgan fingerprint density at radius 1 is 1.32 bits per heavy atom. The van der Waals surface area contributed by atoms with Gasteiger partial charge in [-0.3, -0.25) is 4.98 Å². The molecule has 19 heavy (non-hydrogen) atoms. The van der Waals surface area contributed by atoms with Crippen LogP contribution in [0.25, 0.3) is 10.8 Å². The van der Waals surface area contributed by atoms with Crippen molar-refractivity contribution in [2.75, 3.05) is 7.11 Å². The van der Waals surface area contributed by atoms with Crippen molar-refractivity contribution in [3.8, 4) is 0 Å². The second-order valence-corrected chi connectivity index (χ2v) is 5.30. The zero-order valence-electron chi connectivity index (χ0n) is 11.2. The fraction of sp³-hybridized carbons (Fsp3) is 0.438. The van der Waals surface area contributed by atoms with Crippen molar-refractivity contribution in [2.45, 2.75) is 37.4 Å². The highest BCUT2D eigenvalue weighted by Crippen LogP contribution is 2.41. The Kier molecular flexibility index (Phi) is 3.25. The topological polar surface area (TPSA) is 42.4 Å². The molecule has 0 saturated heterocycles. The van der Waals surface area contributed by atoms with Gasteiger partial charge in [-0.25, -0.2) is 0 Å². The van der Waals surface area contributed by atoms with Crippen molar-refractivity contribution in [3.63, 3.8) is 0 Å². The molecule has 3 heteroatoms. The molecular weight excluding hydrogens is 238 g/mol. The van der Waals surface area contributed by atoms with E-state index < -0.39 is 5.60 Å². The van der Waals surface area contributed by atoms with Gasteiger partial charge in [0.1, 0.15) is 5.60 Å². The molecule has 1 heterocycles. The van der Waals surface area contributed by atoms with Crippen molar-refractivity contribution in [1.29, 1.82) is 0 Å². The van der Waals surface area contributed by atoms with Gasteiger partial charge in [0.25, 0.3) is 0 Å². The number of hydrogen-bond donors (Lipinski definition) is 1. The molecule has 1 fully saturated rings. The first-order valence-electron chi connectivity index (χ1n) is 6.84. The first kappa shape index (κ1) is 12.6. The second kappa shape index (κ2) is 4.91. The minimum Gasteiger partial charge on any atom is -0.382 e. The Morgan fingerprint density at radius 3 is 3.05 bits per heavy atom. The minimum absolute atomic E-state index is 0.132. The summed E-state index contributed by atoms with van der Waals surface area (Å²) in [6, 6.07) is 8.03. The molecule has 1 N–H and O–H groups in total. The summed E-state index contributed by atoms with van der Waals surface area (Å²) in [6.45, 7) is 0. The van der Waals surface area contributed by atoms with E-state index in [4.69, 9.17) is 4.74 Å². The number of aliphatic hydroxyl groups is 1. The quantitative estimate of drug-likeness (QED) is 0.899. The number of pyridine rings is 1.